The highest BCUT2D eigenvalue weighted by molar-refractivity contribution is 9.11. The van der Waals surface area contributed by atoms with Gasteiger partial charge in [-0.3, -0.25) is 0 Å². The number of hydrogen-bond donors (Lipinski definition) is 0. The molecule has 6 aromatic rings. The first-order chi connectivity index (χ1) is 16.6. The highest BCUT2D eigenvalue weighted by Crippen LogP contribution is 2.28. The zero-order valence-electron chi connectivity index (χ0n) is 18.1. The van der Waals surface area contributed by atoms with Gasteiger partial charge in [0.2, 0.25) is 6.71 Å². The van der Waals surface area contributed by atoms with Gasteiger partial charge in [-0.25, -0.2) is 0 Å². The maximum Gasteiger partial charge on any atom is 0.243 e. The lowest BCUT2D eigenvalue weighted by Gasteiger charge is -2.22. The predicted octanol–water partition coefficient (Wildman–Crippen LogP) is 7.95. The topological polar surface area (TPSA) is 0 Å². The van der Waals surface area contributed by atoms with Crippen molar-refractivity contribution in [3.63, 3.8) is 0 Å². The van der Waals surface area contributed by atoms with Gasteiger partial charge in [-0.2, -0.15) is 0 Å². The lowest BCUT2D eigenvalue weighted by Crippen LogP contribution is -2.53. The standard InChI is InChI=1S/C30H18BBr3/c32-25-16-4-10-19-7-1-13-22(28(19)25)31(23-14-2-8-20-11-5-17-26(33)29(20)23)24-15-3-9-21-12-6-18-27(34)30(21)24/h1-18H. The molecular weight excluding hydrogens is 611 g/mol. The van der Waals surface area contributed by atoms with E-state index in [0.29, 0.717) is 0 Å². The third-order valence-corrected chi connectivity index (χ3v) is 8.57. The van der Waals surface area contributed by atoms with Crippen molar-refractivity contribution in [2.75, 3.05) is 0 Å². The lowest BCUT2D eigenvalue weighted by molar-refractivity contribution is 1.71. The summed E-state index contributed by atoms with van der Waals surface area (Å²) >= 11 is 11.6. The summed E-state index contributed by atoms with van der Waals surface area (Å²) in [5.74, 6) is 0. The van der Waals surface area contributed by atoms with Crippen molar-refractivity contribution in [2.45, 2.75) is 0 Å². The van der Waals surface area contributed by atoms with Crippen LogP contribution < -0.4 is 16.4 Å². The van der Waals surface area contributed by atoms with Crippen molar-refractivity contribution in [3.8, 4) is 0 Å². The van der Waals surface area contributed by atoms with Crippen molar-refractivity contribution >= 4 is 103 Å². The first-order valence-electron chi connectivity index (χ1n) is 11.1. The molecule has 6 rings (SSSR count). The van der Waals surface area contributed by atoms with E-state index in [1.54, 1.807) is 0 Å². The zero-order chi connectivity index (χ0) is 23.2. The van der Waals surface area contributed by atoms with E-state index < -0.39 is 0 Å². The van der Waals surface area contributed by atoms with Gasteiger partial charge < -0.3 is 0 Å². The summed E-state index contributed by atoms with van der Waals surface area (Å²) in [6.07, 6.45) is 0. The molecule has 34 heavy (non-hydrogen) atoms. The van der Waals surface area contributed by atoms with E-state index in [-0.39, 0.29) is 6.71 Å². The minimum absolute atomic E-state index is 0.0344. The summed E-state index contributed by atoms with van der Waals surface area (Å²) in [5.41, 5.74) is 3.87. The van der Waals surface area contributed by atoms with Gasteiger partial charge in [0.05, 0.1) is 0 Å². The molecule has 0 aliphatic rings. The van der Waals surface area contributed by atoms with Crippen LogP contribution in [-0.2, 0) is 0 Å². The van der Waals surface area contributed by atoms with Crippen molar-refractivity contribution in [2.24, 2.45) is 0 Å². The molecule has 0 spiro atoms. The van der Waals surface area contributed by atoms with Gasteiger partial charge in [0.25, 0.3) is 0 Å². The first-order valence-corrected chi connectivity index (χ1v) is 13.5. The summed E-state index contributed by atoms with van der Waals surface area (Å²) in [6.45, 7) is 0.0344. The molecule has 162 valence electrons. The molecule has 0 N–H and O–H groups in total. The highest BCUT2D eigenvalue weighted by atomic mass is 79.9. The van der Waals surface area contributed by atoms with Gasteiger partial charge in [-0.05, 0) is 50.5 Å². The fraction of sp³-hybridized carbons (Fsp3) is 0. The molecule has 0 aliphatic carbocycles. The fourth-order valence-electron chi connectivity index (χ4n) is 5.19. The Labute approximate surface area is 224 Å². The Morgan fingerprint density at radius 3 is 0.912 bits per heavy atom. The predicted molar refractivity (Wildman–Crippen MR) is 160 cm³/mol. The smallest absolute Gasteiger partial charge is 0.0663 e. The molecule has 6 aromatic carbocycles. The maximum atomic E-state index is 3.87. The van der Waals surface area contributed by atoms with Crippen LogP contribution in [0.4, 0.5) is 0 Å². The first kappa shape index (κ1) is 22.1. The molecule has 0 atom stereocenters. The number of rotatable bonds is 3. The van der Waals surface area contributed by atoms with Crippen LogP contribution in [0.3, 0.4) is 0 Å². The zero-order valence-corrected chi connectivity index (χ0v) is 22.9. The van der Waals surface area contributed by atoms with Crippen LogP contribution in [0, 0.1) is 0 Å². The van der Waals surface area contributed by atoms with Crippen molar-refractivity contribution in [1.29, 1.82) is 0 Å². The van der Waals surface area contributed by atoms with Gasteiger partial charge >= 0.3 is 0 Å². The molecule has 0 bridgehead atoms. The Morgan fingerprint density at radius 1 is 0.353 bits per heavy atom. The molecule has 0 fully saturated rings. The van der Waals surface area contributed by atoms with E-state index in [9.17, 15) is 0 Å². The number of fused-ring (bicyclic) bond motifs is 3. The number of benzene rings is 6. The summed E-state index contributed by atoms with van der Waals surface area (Å²) in [7, 11) is 0. The minimum Gasteiger partial charge on any atom is -0.0663 e. The van der Waals surface area contributed by atoms with E-state index in [1.165, 1.54) is 48.7 Å². The third-order valence-electron chi connectivity index (χ3n) is 6.59. The van der Waals surface area contributed by atoms with E-state index in [2.05, 4.69) is 157 Å². The summed E-state index contributed by atoms with van der Waals surface area (Å²) in [4.78, 5) is 0. The Hall–Kier alpha value is -2.40. The molecule has 0 aromatic heterocycles. The molecule has 0 unspecified atom stereocenters. The van der Waals surface area contributed by atoms with Crippen LogP contribution in [0.5, 0.6) is 0 Å². The van der Waals surface area contributed by atoms with E-state index in [1.807, 2.05) is 0 Å². The minimum atomic E-state index is 0.0344. The second-order valence-corrected chi connectivity index (χ2v) is 11.1. The van der Waals surface area contributed by atoms with E-state index in [0.717, 1.165) is 13.4 Å². The molecule has 0 aliphatic heterocycles. The van der Waals surface area contributed by atoms with Crippen LogP contribution >= 0.6 is 47.8 Å². The van der Waals surface area contributed by atoms with Gasteiger partial charge in [-0.1, -0.05) is 155 Å². The van der Waals surface area contributed by atoms with Crippen molar-refractivity contribution in [1.82, 2.24) is 0 Å². The summed E-state index contributed by atoms with van der Waals surface area (Å²) < 4.78 is 3.35. The van der Waals surface area contributed by atoms with E-state index >= 15 is 0 Å². The molecule has 0 nitrogen and oxygen atoms in total. The third kappa shape index (κ3) is 3.64. The Balaban J connectivity index is 1.80. The van der Waals surface area contributed by atoms with Crippen LogP contribution in [0.25, 0.3) is 32.3 Å². The maximum absolute atomic E-state index is 3.87. The quantitative estimate of drug-likeness (QED) is 0.175. The fourth-order valence-corrected chi connectivity index (χ4v) is 7.02. The van der Waals surface area contributed by atoms with Crippen LogP contribution in [0.2, 0.25) is 0 Å². The molecule has 0 saturated heterocycles. The molecule has 0 heterocycles. The molecule has 4 heteroatoms. The molecule has 0 radical (unpaired) electrons. The van der Waals surface area contributed by atoms with Crippen LogP contribution in [-0.4, -0.2) is 6.71 Å². The largest absolute Gasteiger partial charge is 0.243 e. The molecule has 0 saturated carbocycles. The average Bonchev–Trinajstić information content (AvgIpc) is 2.85. The van der Waals surface area contributed by atoms with Crippen LogP contribution in [0.15, 0.2) is 123 Å². The van der Waals surface area contributed by atoms with Gasteiger partial charge in [0, 0.05) is 13.4 Å². The lowest BCUT2D eigenvalue weighted by atomic mass is 9.35. The Kier molecular flexibility index (Phi) is 5.85. The van der Waals surface area contributed by atoms with Crippen LogP contribution in [0.1, 0.15) is 0 Å². The van der Waals surface area contributed by atoms with Crippen molar-refractivity contribution < 1.29 is 0 Å². The Bertz CT molecular complexity index is 1490. The Morgan fingerprint density at radius 2 is 0.618 bits per heavy atom. The summed E-state index contributed by atoms with van der Waals surface area (Å²) in [6, 6.07) is 39.3. The van der Waals surface area contributed by atoms with Gasteiger partial charge in [0.15, 0.2) is 0 Å². The molecular formula is C30H18BBr3. The number of halogens is 3. The number of hydrogen-bond acceptors (Lipinski definition) is 0. The van der Waals surface area contributed by atoms with Gasteiger partial charge in [0.1, 0.15) is 0 Å². The van der Waals surface area contributed by atoms with Crippen molar-refractivity contribution in [3.05, 3.63) is 123 Å². The second-order valence-electron chi connectivity index (χ2n) is 8.49. The SMILES string of the molecule is Brc1cccc2cccc(B(c3cccc4cccc(Br)c34)c3cccc4cccc(Br)c34)c12. The normalized spacial score (nSPS) is 11.4. The summed E-state index contributed by atoms with van der Waals surface area (Å²) in [5, 5.41) is 7.45. The monoisotopic (exact) mass is 626 g/mol. The highest BCUT2D eigenvalue weighted by Gasteiger charge is 2.28. The molecule has 0 amide bonds. The average molecular weight is 629 g/mol. The van der Waals surface area contributed by atoms with E-state index in [4.69, 9.17) is 0 Å². The van der Waals surface area contributed by atoms with Gasteiger partial charge in [-0.15, -0.1) is 0 Å². The second kappa shape index (κ2) is 9.00.